The van der Waals surface area contributed by atoms with Gasteiger partial charge in [-0.25, -0.2) is 4.98 Å². The Hall–Kier alpha value is -3.20. The van der Waals surface area contributed by atoms with E-state index < -0.39 is 0 Å². The number of nitrogens with zero attached hydrogens (tertiary/aromatic N) is 4. The van der Waals surface area contributed by atoms with E-state index in [0.29, 0.717) is 29.3 Å². The number of nitriles is 1. The molecule has 0 bridgehead atoms. The second kappa shape index (κ2) is 5.66. The van der Waals surface area contributed by atoms with E-state index >= 15 is 0 Å². The summed E-state index contributed by atoms with van der Waals surface area (Å²) in [5.41, 5.74) is 2.42. The van der Waals surface area contributed by atoms with Gasteiger partial charge in [-0.2, -0.15) is 5.26 Å². The van der Waals surface area contributed by atoms with Crippen LogP contribution in [0.25, 0.3) is 11.0 Å². The zero-order valence-electron chi connectivity index (χ0n) is 11.9. The third-order valence-electron chi connectivity index (χ3n) is 3.32. The number of imidazole rings is 1. The number of hydrogen-bond donors (Lipinski definition) is 1. The van der Waals surface area contributed by atoms with Crippen molar-refractivity contribution in [2.75, 3.05) is 5.32 Å². The van der Waals surface area contributed by atoms with Gasteiger partial charge in [0.2, 0.25) is 5.95 Å². The Balaban J connectivity index is 2.00. The number of carbonyl (C=O) groups excluding carboxylic acids is 1. The standard InChI is InChI=1S/C16H13N5O/c1-2-21-14-7-6-11(10-17)9-13(14)19-16(21)20-15(22)12-5-3-4-8-18-12/h3-9H,2H2,1H3,(H,19,20,22). The van der Waals surface area contributed by atoms with E-state index in [0.717, 1.165) is 5.52 Å². The van der Waals surface area contributed by atoms with E-state index in [-0.39, 0.29) is 5.91 Å². The fourth-order valence-electron chi connectivity index (χ4n) is 2.28. The molecule has 0 saturated heterocycles. The molecule has 1 amide bonds. The van der Waals surface area contributed by atoms with Gasteiger partial charge in [0.25, 0.3) is 5.91 Å². The Bertz CT molecular complexity index is 877. The van der Waals surface area contributed by atoms with Gasteiger partial charge in [0.15, 0.2) is 0 Å². The van der Waals surface area contributed by atoms with E-state index in [2.05, 4.69) is 21.4 Å². The number of pyridine rings is 1. The molecule has 2 heterocycles. The van der Waals surface area contributed by atoms with Crippen LogP contribution < -0.4 is 5.32 Å². The van der Waals surface area contributed by atoms with Crippen molar-refractivity contribution in [3.63, 3.8) is 0 Å². The summed E-state index contributed by atoms with van der Waals surface area (Å²) in [5, 5.41) is 11.7. The summed E-state index contributed by atoms with van der Waals surface area (Å²) in [4.78, 5) is 20.6. The number of nitrogens with one attached hydrogen (secondary N) is 1. The summed E-state index contributed by atoms with van der Waals surface area (Å²) in [5.74, 6) is 0.134. The minimum atomic E-state index is -0.314. The SMILES string of the molecule is CCn1c(NC(=O)c2ccccn2)nc2cc(C#N)ccc21. The number of aryl methyl sites for hydroxylation is 1. The van der Waals surface area contributed by atoms with Crippen molar-refractivity contribution in [3.05, 3.63) is 53.9 Å². The van der Waals surface area contributed by atoms with Gasteiger partial charge in [0, 0.05) is 12.7 Å². The highest BCUT2D eigenvalue weighted by atomic mass is 16.2. The predicted octanol–water partition coefficient (Wildman–Crippen LogP) is 2.58. The number of fused-ring (bicyclic) bond motifs is 1. The Labute approximate surface area is 127 Å². The Kier molecular flexibility index (Phi) is 3.54. The van der Waals surface area contributed by atoms with Crippen LogP contribution in [0.2, 0.25) is 0 Å². The first-order valence-corrected chi connectivity index (χ1v) is 6.85. The Morgan fingerprint density at radius 2 is 2.23 bits per heavy atom. The molecule has 3 aromatic rings. The van der Waals surface area contributed by atoms with Crippen LogP contribution in [-0.2, 0) is 6.54 Å². The average Bonchev–Trinajstić information content (AvgIpc) is 2.91. The first kappa shape index (κ1) is 13.8. The molecule has 0 fully saturated rings. The van der Waals surface area contributed by atoms with Gasteiger partial charge < -0.3 is 4.57 Å². The van der Waals surface area contributed by atoms with Gasteiger partial charge in [-0.1, -0.05) is 6.07 Å². The van der Waals surface area contributed by atoms with E-state index in [1.54, 1.807) is 36.5 Å². The molecule has 2 aromatic heterocycles. The fraction of sp³-hybridized carbons (Fsp3) is 0.125. The van der Waals surface area contributed by atoms with Crippen LogP contribution in [-0.4, -0.2) is 20.4 Å². The summed E-state index contributed by atoms with van der Waals surface area (Å²) < 4.78 is 1.89. The molecule has 1 aromatic carbocycles. The van der Waals surface area contributed by atoms with E-state index in [9.17, 15) is 4.79 Å². The van der Waals surface area contributed by atoms with Crippen molar-refractivity contribution in [1.82, 2.24) is 14.5 Å². The highest BCUT2D eigenvalue weighted by Crippen LogP contribution is 2.21. The summed E-state index contributed by atoms with van der Waals surface area (Å²) in [6.07, 6.45) is 1.57. The third-order valence-corrected chi connectivity index (χ3v) is 3.32. The largest absolute Gasteiger partial charge is 0.310 e. The summed E-state index contributed by atoms with van der Waals surface area (Å²) in [6.45, 7) is 2.62. The van der Waals surface area contributed by atoms with Crippen LogP contribution in [0, 0.1) is 11.3 Å². The van der Waals surface area contributed by atoms with Crippen molar-refractivity contribution in [1.29, 1.82) is 5.26 Å². The molecule has 6 heteroatoms. The highest BCUT2D eigenvalue weighted by Gasteiger charge is 2.14. The Morgan fingerprint density at radius 3 is 2.91 bits per heavy atom. The second-order valence-electron chi connectivity index (χ2n) is 4.66. The Morgan fingerprint density at radius 1 is 1.36 bits per heavy atom. The topological polar surface area (TPSA) is 83.6 Å². The van der Waals surface area contributed by atoms with Gasteiger partial charge in [0.1, 0.15) is 5.69 Å². The normalized spacial score (nSPS) is 10.4. The van der Waals surface area contributed by atoms with Crippen molar-refractivity contribution >= 4 is 22.9 Å². The molecule has 108 valence electrons. The lowest BCUT2D eigenvalue weighted by Gasteiger charge is -2.07. The number of anilines is 1. The molecule has 0 aliphatic carbocycles. The maximum atomic E-state index is 12.2. The van der Waals surface area contributed by atoms with Gasteiger partial charge >= 0.3 is 0 Å². The van der Waals surface area contributed by atoms with Gasteiger partial charge in [-0.15, -0.1) is 0 Å². The quantitative estimate of drug-likeness (QED) is 0.803. The molecule has 0 unspecified atom stereocenters. The van der Waals surface area contributed by atoms with Crippen molar-refractivity contribution < 1.29 is 4.79 Å². The van der Waals surface area contributed by atoms with Gasteiger partial charge in [-0.05, 0) is 37.3 Å². The molecule has 22 heavy (non-hydrogen) atoms. The smallest absolute Gasteiger partial charge is 0.276 e. The van der Waals surface area contributed by atoms with Crippen LogP contribution in [0.4, 0.5) is 5.95 Å². The monoisotopic (exact) mass is 291 g/mol. The van der Waals surface area contributed by atoms with Crippen molar-refractivity contribution in [2.24, 2.45) is 0 Å². The maximum Gasteiger partial charge on any atom is 0.276 e. The summed E-state index contributed by atoms with van der Waals surface area (Å²) >= 11 is 0. The number of carbonyl (C=O) groups is 1. The molecule has 3 rings (SSSR count). The molecule has 0 saturated carbocycles. The van der Waals surface area contributed by atoms with E-state index in [1.807, 2.05) is 17.6 Å². The van der Waals surface area contributed by atoms with Crippen LogP contribution in [0.1, 0.15) is 23.0 Å². The molecule has 1 N–H and O–H groups in total. The van der Waals surface area contributed by atoms with Crippen LogP contribution >= 0.6 is 0 Å². The third kappa shape index (κ3) is 2.40. The minimum Gasteiger partial charge on any atom is -0.310 e. The second-order valence-corrected chi connectivity index (χ2v) is 4.66. The lowest BCUT2D eigenvalue weighted by Crippen LogP contribution is -2.16. The van der Waals surface area contributed by atoms with Crippen molar-refractivity contribution in [3.8, 4) is 6.07 Å². The van der Waals surface area contributed by atoms with Crippen molar-refractivity contribution in [2.45, 2.75) is 13.5 Å². The maximum absolute atomic E-state index is 12.2. The fourth-order valence-corrected chi connectivity index (χ4v) is 2.28. The van der Waals surface area contributed by atoms with E-state index in [1.165, 1.54) is 0 Å². The first-order valence-electron chi connectivity index (χ1n) is 6.85. The lowest BCUT2D eigenvalue weighted by atomic mass is 10.2. The molecular formula is C16H13N5O. The minimum absolute atomic E-state index is 0.314. The number of hydrogen-bond acceptors (Lipinski definition) is 4. The average molecular weight is 291 g/mol. The van der Waals surface area contributed by atoms with Crippen LogP contribution in [0.5, 0.6) is 0 Å². The van der Waals surface area contributed by atoms with E-state index in [4.69, 9.17) is 5.26 Å². The number of aromatic nitrogens is 3. The summed E-state index contributed by atoms with van der Waals surface area (Å²) in [6, 6.07) is 12.5. The zero-order valence-corrected chi connectivity index (χ0v) is 11.9. The molecule has 0 atom stereocenters. The molecule has 0 aliphatic rings. The molecular weight excluding hydrogens is 278 g/mol. The molecule has 6 nitrogen and oxygen atoms in total. The molecule has 0 spiro atoms. The van der Waals surface area contributed by atoms with Crippen LogP contribution in [0.15, 0.2) is 42.6 Å². The highest BCUT2D eigenvalue weighted by molar-refractivity contribution is 6.02. The lowest BCUT2D eigenvalue weighted by molar-refractivity contribution is 0.102. The van der Waals surface area contributed by atoms with Gasteiger partial charge in [0.05, 0.1) is 22.7 Å². The number of benzene rings is 1. The predicted molar refractivity (Wildman–Crippen MR) is 82.3 cm³/mol. The first-order chi connectivity index (χ1) is 10.7. The number of amides is 1. The molecule has 0 aliphatic heterocycles. The summed E-state index contributed by atoms with van der Waals surface area (Å²) in [7, 11) is 0. The molecule has 0 radical (unpaired) electrons. The zero-order chi connectivity index (χ0) is 15.5. The number of rotatable bonds is 3. The van der Waals surface area contributed by atoms with Crippen LogP contribution in [0.3, 0.4) is 0 Å². The van der Waals surface area contributed by atoms with Gasteiger partial charge in [-0.3, -0.25) is 15.1 Å².